The Kier molecular flexibility index (Phi) is 10.1. The van der Waals surface area contributed by atoms with Crippen molar-refractivity contribution < 1.29 is 19.4 Å². The fraction of sp³-hybridized carbons (Fsp3) is 0.500. The maximum atomic E-state index is 13.6. The molecule has 230 valence electrons. The molecule has 0 saturated heterocycles. The molecule has 3 aromatic rings. The van der Waals surface area contributed by atoms with Gasteiger partial charge in [-0.15, -0.1) is 0 Å². The van der Waals surface area contributed by atoms with E-state index in [0.717, 1.165) is 48.7 Å². The molecule has 5 rings (SSSR count). The van der Waals surface area contributed by atoms with Crippen LogP contribution in [0, 0.1) is 5.92 Å². The Balaban J connectivity index is 1.36. The average Bonchev–Trinajstić information content (AvgIpc) is 3.04. The molecule has 1 aliphatic carbocycles. The normalized spacial score (nSPS) is 20.5. The highest BCUT2D eigenvalue weighted by molar-refractivity contribution is 5.90. The summed E-state index contributed by atoms with van der Waals surface area (Å²) < 4.78 is 6.69. The molecule has 2 heterocycles. The molecule has 1 aromatic heterocycles. The van der Waals surface area contributed by atoms with Gasteiger partial charge in [0.15, 0.2) is 0 Å². The molecule has 0 spiro atoms. The molecule has 43 heavy (non-hydrogen) atoms. The Morgan fingerprint density at radius 1 is 1.16 bits per heavy atom. The maximum absolute atomic E-state index is 13.6. The van der Waals surface area contributed by atoms with Gasteiger partial charge in [0, 0.05) is 54.4 Å². The fourth-order valence-electron chi connectivity index (χ4n) is 6.28. The van der Waals surface area contributed by atoms with Gasteiger partial charge in [0.2, 0.25) is 5.91 Å². The number of benzene rings is 2. The van der Waals surface area contributed by atoms with Crippen molar-refractivity contribution in [1.29, 1.82) is 0 Å². The minimum atomic E-state index is -0.319. The summed E-state index contributed by atoms with van der Waals surface area (Å²) in [4.78, 5) is 34.8. The van der Waals surface area contributed by atoms with Crippen molar-refractivity contribution in [1.82, 2.24) is 20.1 Å². The van der Waals surface area contributed by atoms with E-state index >= 15 is 0 Å². The number of likely N-dealkylation sites (N-methyl/N-ethyl adjacent to an activating group) is 1. The number of hydrogen-bond donors (Lipinski definition) is 3. The largest absolute Gasteiger partial charge is 0.488 e. The van der Waals surface area contributed by atoms with Crippen molar-refractivity contribution >= 4 is 28.5 Å². The van der Waals surface area contributed by atoms with Crippen molar-refractivity contribution in [2.75, 3.05) is 32.1 Å². The minimum Gasteiger partial charge on any atom is -0.488 e. The number of aliphatic hydroxyl groups is 1. The van der Waals surface area contributed by atoms with Crippen LogP contribution in [0.1, 0.15) is 57.1 Å². The van der Waals surface area contributed by atoms with Gasteiger partial charge in [-0.2, -0.15) is 0 Å². The Labute approximate surface area is 254 Å². The van der Waals surface area contributed by atoms with Crippen molar-refractivity contribution in [2.24, 2.45) is 5.92 Å². The summed E-state index contributed by atoms with van der Waals surface area (Å²) >= 11 is 0. The van der Waals surface area contributed by atoms with E-state index in [1.807, 2.05) is 49.5 Å². The molecule has 3 atom stereocenters. The van der Waals surface area contributed by atoms with Crippen LogP contribution < -0.4 is 15.4 Å². The van der Waals surface area contributed by atoms with Gasteiger partial charge in [-0.05, 0) is 62.7 Å². The first-order valence-electron chi connectivity index (χ1n) is 15.6. The Morgan fingerprint density at radius 3 is 2.74 bits per heavy atom. The number of urea groups is 1. The van der Waals surface area contributed by atoms with E-state index in [1.54, 1.807) is 4.90 Å². The molecule has 1 saturated carbocycles. The minimum absolute atomic E-state index is 0.000364. The summed E-state index contributed by atoms with van der Waals surface area (Å²) in [6, 6.07) is 15.4. The van der Waals surface area contributed by atoms with Gasteiger partial charge >= 0.3 is 6.03 Å². The zero-order valence-corrected chi connectivity index (χ0v) is 25.6. The van der Waals surface area contributed by atoms with Gasteiger partial charge in [-0.25, -0.2) is 4.79 Å². The van der Waals surface area contributed by atoms with E-state index in [2.05, 4.69) is 46.6 Å². The second-order valence-corrected chi connectivity index (χ2v) is 12.3. The second-order valence-electron chi connectivity index (χ2n) is 12.3. The van der Waals surface area contributed by atoms with E-state index in [0.29, 0.717) is 24.5 Å². The molecule has 3 unspecified atom stereocenters. The molecular formula is C34H45N5O4. The first-order chi connectivity index (χ1) is 20.8. The lowest BCUT2D eigenvalue weighted by Gasteiger charge is -2.34. The summed E-state index contributed by atoms with van der Waals surface area (Å²) in [6.07, 6.45) is 7.26. The topological polar surface area (TPSA) is 107 Å². The smallest absolute Gasteiger partial charge is 0.319 e. The lowest BCUT2D eigenvalue weighted by Crippen LogP contribution is -2.47. The Morgan fingerprint density at radius 2 is 1.95 bits per heavy atom. The predicted octanol–water partition coefficient (Wildman–Crippen LogP) is 4.97. The fourth-order valence-corrected chi connectivity index (χ4v) is 6.28. The molecule has 9 heteroatoms. The van der Waals surface area contributed by atoms with Gasteiger partial charge in [-0.3, -0.25) is 14.7 Å². The summed E-state index contributed by atoms with van der Waals surface area (Å²) in [7, 11) is 2.08. The molecule has 9 nitrogen and oxygen atoms in total. The summed E-state index contributed by atoms with van der Waals surface area (Å²) in [5.41, 5.74) is 3.50. The van der Waals surface area contributed by atoms with E-state index in [-0.39, 0.29) is 49.1 Å². The van der Waals surface area contributed by atoms with Crippen LogP contribution in [0.15, 0.2) is 54.7 Å². The lowest BCUT2D eigenvalue weighted by molar-refractivity contribution is -0.134. The number of carbonyl (C=O) groups excluding carboxylic acids is 2. The van der Waals surface area contributed by atoms with Crippen LogP contribution in [0.25, 0.3) is 10.9 Å². The molecule has 3 amide bonds. The van der Waals surface area contributed by atoms with Crippen LogP contribution in [0.5, 0.6) is 5.75 Å². The average molecular weight is 588 g/mol. The van der Waals surface area contributed by atoms with Gasteiger partial charge in [-0.1, -0.05) is 44.4 Å². The maximum Gasteiger partial charge on any atom is 0.319 e. The van der Waals surface area contributed by atoms with Crippen LogP contribution in [0.2, 0.25) is 0 Å². The number of hydrogen-bond acceptors (Lipinski definition) is 6. The number of amides is 3. The van der Waals surface area contributed by atoms with E-state index in [4.69, 9.17) is 4.74 Å². The van der Waals surface area contributed by atoms with E-state index < -0.39 is 0 Å². The number of nitrogens with zero attached hydrogens (tertiary/aromatic N) is 3. The molecular weight excluding hydrogens is 542 g/mol. The lowest BCUT2D eigenvalue weighted by atomic mass is 9.96. The molecule has 1 fully saturated rings. The van der Waals surface area contributed by atoms with Gasteiger partial charge in [0.25, 0.3) is 0 Å². The molecule has 2 aromatic carbocycles. The molecule has 3 N–H and O–H groups in total. The van der Waals surface area contributed by atoms with E-state index in [9.17, 15) is 14.7 Å². The quantitative estimate of drug-likeness (QED) is 0.344. The van der Waals surface area contributed by atoms with Gasteiger partial charge in [0.1, 0.15) is 11.9 Å². The Hall–Kier alpha value is -3.69. The number of carbonyl (C=O) groups is 2. The standard InChI is InChI=1S/C34H45N5O4/c1-23-19-39(24(2)22-40)33(41)18-26-17-28(37-34(42)36-27-9-5-4-6-10-27)13-14-31(26)43-32(23)21-38(3)20-25-15-16-35-30-12-8-7-11-29(25)30/h7-8,11-17,23-24,27,32,40H,4-6,9-10,18-22H2,1-3H3,(H2,36,37,42). The zero-order chi connectivity index (χ0) is 30.3. The van der Waals surface area contributed by atoms with Crippen LogP contribution >= 0.6 is 0 Å². The summed E-state index contributed by atoms with van der Waals surface area (Å²) in [5.74, 6) is 0.573. The number of nitrogens with one attached hydrogen (secondary N) is 2. The van der Waals surface area contributed by atoms with E-state index in [1.165, 1.54) is 12.0 Å². The number of anilines is 1. The van der Waals surface area contributed by atoms with Crippen molar-refractivity contribution in [2.45, 2.75) is 77.1 Å². The Bertz CT molecular complexity index is 1400. The summed E-state index contributed by atoms with van der Waals surface area (Å²) in [6.45, 7) is 5.68. The number of rotatable bonds is 8. The van der Waals surface area contributed by atoms with Crippen LogP contribution in [-0.4, -0.2) is 76.8 Å². The predicted molar refractivity (Wildman–Crippen MR) is 169 cm³/mol. The van der Waals surface area contributed by atoms with Crippen LogP contribution in [-0.2, 0) is 17.8 Å². The number of aliphatic hydroxyl groups excluding tert-OH is 1. The second kappa shape index (κ2) is 14.2. The van der Waals surface area contributed by atoms with Crippen LogP contribution in [0.3, 0.4) is 0 Å². The SMILES string of the molecule is CC1CN(C(C)CO)C(=O)Cc2cc(NC(=O)NC3CCCCC3)ccc2OC1CN(C)Cc1ccnc2ccccc12. The number of fused-ring (bicyclic) bond motifs is 2. The van der Waals surface area contributed by atoms with Crippen molar-refractivity contribution in [3.05, 3.63) is 65.9 Å². The highest BCUT2D eigenvalue weighted by Crippen LogP contribution is 2.30. The molecule has 1 aliphatic heterocycles. The zero-order valence-electron chi connectivity index (χ0n) is 25.6. The number of para-hydroxylation sites is 1. The van der Waals surface area contributed by atoms with Gasteiger partial charge in [0.05, 0.1) is 24.6 Å². The first-order valence-corrected chi connectivity index (χ1v) is 15.6. The number of ether oxygens (including phenoxy) is 1. The highest BCUT2D eigenvalue weighted by Gasteiger charge is 2.31. The monoisotopic (exact) mass is 587 g/mol. The highest BCUT2D eigenvalue weighted by atomic mass is 16.5. The third-order valence-corrected chi connectivity index (χ3v) is 8.79. The third kappa shape index (κ3) is 7.83. The first kappa shape index (κ1) is 30.8. The molecule has 0 bridgehead atoms. The molecule has 0 radical (unpaired) electrons. The number of pyridine rings is 1. The summed E-state index contributed by atoms with van der Waals surface area (Å²) in [5, 5.41) is 17.1. The van der Waals surface area contributed by atoms with Gasteiger partial charge < -0.3 is 25.4 Å². The van der Waals surface area contributed by atoms with Crippen molar-refractivity contribution in [3.8, 4) is 5.75 Å². The third-order valence-electron chi connectivity index (χ3n) is 8.79. The van der Waals surface area contributed by atoms with Crippen molar-refractivity contribution in [3.63, 3.8) is 0 Å². The number of aromatic nitrogens is 1. The molecule has 2 aliphatic rings. The van der Waals surface area contributed by atoms with Crippen LogP contribution in [0.4, 0.5) is 10.5 Å².